The number of carboxylic acid groups (broad SMARTS) is 1. The molecule has 0 heterocycles. The van der Waals surface area contributed by atoms with Gasteiger partial charge in [0.2, 0.25) is 0 Å². The molecule has 0 aromatic heterocycles. The number of ether oxygens (including phenoxy) is 1. The van der Waals surface area contributed by atoms with Gasteiger partial charge in [-0.25, -0.2) is 4.79 Å². The summed E-state index contributed by atoms with van der Waals surface area (Å²) in [7, 11) is 0. The summed E-state index contributed by atoms with van der Waals surface area (Å²) in [6.07, 6.45) is 2.83. The summed E-state index contributed by atoms with van der Waals surface area (Å²) in [5, 5.41) is 8.93. The standard InChI is InChI=1S/C23H21NO3/c1-2-17-8-12-21(13-9-17)24-15-19-4-3-5-22(14-19)27-16-18-6-10-20(11-7-18)23(25)26/h3-15H,2,16H2,1H3,(H,25,26). The van der Waals surface area contributed by atoms with Crippen molar-refractivity contribution in [2.45, 2.75) is 20.0 Å². The van der Waals surface area contributed by atoms with Crippen molar-refractivity contribution in [3.63, 3.8) is 0 Å². The van der Waals surface area contributed by atoms with Crippen molar-refractivity contribution < 1.29 is 14.6 Å². The second-order valence-corrected chi connectivity index (χ2v) is 6.14. The molecule has 136 valence electrons. The minimum atomic E-state index is -0.932. The van der Waals surface area contributed by atoms with Crippen molar-refractivity contribution in [1.29, 1.82) is 0 Å². The first-order valence-electron chi connectivity index (χ1n) is 8.82. The fourth-order valence-corrected chi connectivity index (χ4v) is 2.56. The van der Waals surface area contributed by atoms with E-state index in [2.05, 4.69) is 24.0 Å². The number of carboxylic acids is 1. The minimum absolute atomic E-state index is 0.268. The quantitative estimate of drug-likeness (QED) is 0.584. The Balaban J connectivity index is 1.62. The predicted octanol–water partition coefficient (Wildman–Crippen LogP) is 5.28. The van der Waals surface area contributed by atoms with Crippen LogP contribution in [0.1, 0.15) is 34.0 Å². The molecule has 0 aliphatic rings. The smallest absolute Gasteiger partial charge is 0.335 e. The molecule has 0 atom stereocenters. The second-order valence-electron chi connectivity index (χ2n) is 6.14. The fourth-order valence-electron chi connectivity index (χ4n) is 2.56. The van der Waals surface area contributed by atoms with E-state index >= 15 is 0 Å². The Labute approximate surface area is 158 Å². The normalized spacial score (nSPS) is 10.9. The van der Waals surface area contributed by atoms with E-state index < -0.39 is 5.97 Å². The highest BCUT2D eigenvalue weighted by molar-refractivity contribution is 5.87. The molecule has 0 unspecified atom stereocenters. The van der Waals surface area contributed by atoms with Crippen LogP contribution in [0, 0.1) is 0 Å². The third kappa shape index (κ3) is 5.28. The molecule has 0 spiro atoms. The Bertz CT molecular complexity index is 929. The zero-order valence-electron chi connectivity index (χ0n) is 15.1. The van der Waals surface area contributed by atoms with Crippen molar-refractivity contribution in [2.24, 2.45) is 4.99 Å². The molecule has 0 fully saturated rings. The van der Waals surface area contributed by atoms with Crippen LogP contribution < -0.4 is 4.74 Å². The van der Waals surface area contributed by atoms with Gasteiger partial charge in [0.25, 0.3) is 0 Å². The van der Waals surface area contributed by atoms with E-state index in [-0.39, 0.29) is 5.56 Å². The summed E-state index contributed by atoms with van der Waals surface area (Å²) in [4.78, 5) is 15.4. The molecular weight excluding hydrogens is 338 g/mol. The molecule has 0 aliphatic heterocycles. The molecule has 0 aliphatic carbocycles. The van der Waals surface area contributed by atoms with Crippen molar-refractivity contribution in [3.05, 3.63) is 95.1 Å². The third-order valence-corrected chi connectivity index (χ3v) is 4.17. The van der Waals surface area contributed by atoms with E-state index in [1.165, 1.54) is 5.56 Å². The van der Waals surface area contributed by atoms with Crippen LogP contribution in [0.15, 0.2) is 77.8 Å². The van der Waals surface area contributed by atoms with Gasteiger partial charge < -0.3 is 9.84 Å². The van der Waals surface area contributed by atoms with Crippen LogP contribution in [0.4, 0.5) is 5.69 Å². The Morgan fingerprint density at radius 3 is 2.37 bits per heavy atom. The maximum atomic E-state index is 10.9. The van der Waals surface area contributed by atoms with Crippen molar-refractivity contribution >= 4 is 17.9 Å². The van der Waals surface area contributed by atoms with Crippen LogP contribution >= 0.6 is 0 Å². The van der Waals surface area contributed by atoms with Gasteiger partial charge in [-0.15, -0.1) is 0 Å². The average Bonchev–Trinajstić information content (AvgIpc) is 2.72. The number of hydrogen-bond acceptors (Lipinski definition) is 3. The molecule has 1 N–H and O–H groups in total. The molecule has 27 heavy (non-hydrogen) atoms. The predicted molar refractivity (Wildman–Crippen MR) is 107 cm³/mol. The highest BCUT2D eigenvalue weighted by atomic mass is 16.5. The molecular formula is C23H21NO3. The Morgan fingerprint density at radius 2 is 1.70 bits per heavy atom. The lowest BCUT2D eigenvalue weighted by molar-refractivity contribution is 0.0697. The van der Waals surface area contributed by atoms with Crippen LogP contribution in [-0.2, 0) is 13.0 Å². The lowest BCUT2D eigenvalue weighted by Crippen LogP contribution is -1.99. The van der Waals surface area contributed by atoms with Crippen LogP contribution in [0.2, 0.25) is 0 Å². The number of nitrogens with zero attached hydrogens (tertiary/aromatic N) is 1. The first kappa shape index (κ1) is 18.4. The van der Waals surface area contributed by atoms with Crippen molar-refractivity contribution in [3.8, 4) is 5.75 Å². The monoisotopic (exact) mass is 359 g/mol. The van der Waals surface area contributed by atoms with Gasteiger partial charge in [0.15, 0.2) is 0 Å². The van der Waals surface area contributed by atoms with E-state index in [9.17, 15) is 4.79 Å². The second kappa shape index (κ2) is 8.81. The summed E-state index contributed by atoms with van der Waals surface area (Å²) in [6, 6.07) is 22.6. The number of carbonyl (C=O) groups is 1. The number of aryl methyl sites for hydroxylation is 1. The summed E-state index contributed by atoms with van der Waals surface area (Å²) in [6.45, 7) is 2.50. The minimum Gasteiger partial charge on any atom is -0.489 e. The summed E-state index contributed by atoms with van der Waals surface area (Å²) in [5.41, 5.74) is 4.34. The van der Waals surface area contributed by atoms with E-state index in [0.717, 1.165) is 29.0 Å². The lowest BCUT2D eigenvalue weighted by Gasteiger charge is -2.07. The molecule has 0 bridgehead atoms. The number of benzene rings is 3. The number of aromatic carboxylic acids is 1. The maximum Gasteiger partial charge on any atom is 0.335 e. The van der Waals surface area contributed by atoms with Gasteiger partial charge in [-0.3, -0.25) is 4.99 Å². The first-order chi connectivity index (χ1) is 13.1. The van der Waals surface area contributed by atoms with Gasteiger partial charge >= 0.3 is 5.97 Å². The molecule has 0 radical (unpaired) electrons. The van der Waals surface area contributed by atoms with Crippen LogP contribution in [0.25, 0.3) is 0 Å². The highest BCUT2D eigenvalue weighted by Crippen LogP contribution is 2.17. The topological polar surface area (TPSA) is 58.9 Å². The van der Waals surface area contributed by atoms with Crippen molar-refractivity contribution in [2.75, 3.05) is 0 Å². The molecule has 0 saturated carbocycles. The van der Waals surface area contributed by atoms with E-state index in [0.29, 0.717) is 6.61 Å². The largest absolute Gasteiger partial charge is 0.489 e. The van der Waals surface area contributed by atoms with E-state index in [4.69, 9.17) is 9.84 Å². The molecule has 3 rings (SSSR count). The van der Waals surface area contributed by atoms with Crippen molar-refractivity contribution in [1.82, 2.24) is 0 Å². The summed E-state index contributed by atoms with van der Waals surface area (Å²) in [5.74, 6) is -0.193. The van der Waals surface area contributed by atoms with Gasteiger partial charge in [-0.2, -0.15) is 0 Å². The van der Waals surface area contributed by atoms with Gasteiger partial charge in [0.05, 0.1) is 11.3 Å². The molecule has 4 heteroatoms. The molecule has 3 aromatic carbocycles. The maximum absolute atomic E-state index is 10.9. The fraction of sp³-hybridized carbons (Fsp3) is 0.130. The Kier molecular flexibility index (Phi) is 6.00. The zero-order valence-corrected chi connectivity index (χ0v) is 15.1. The Hall–Kier alpha value is -3.40. The van der Waals surface area contributed by atoms with Crippen LogP contribution in [-0.4, -0.2) is 17.3 Å². The third-order valence-electron chi connectivity index (χ3n) is 4.17. The zero-order chi connectivity index (χ0) is 19.1. The van der Waals surface area contributed by atoms with Crippen LogP contribution in [0.5, 0.6) is 5.75 Å². The summed E-state index contributed by atoms with van der Waals surface area (Å²) >= 11 is 0. The van der Waals surface area contributed by atoms with Gasteiger partial charge in [0.1, 0.15) is 12.4 Å². The SMILES string of the molecule is CCc1ccc(N=Cc2cccc(OCc3ccc(C(=O)O)cc3)c2)cc1. The molecule has 4 nitrogen and oxygen atoms in total. The first-order valence-corrected chi connectivity index (χ1v) is 8.82. The van der Waals surface area contributed by atoms with Crippen LogP contribution in [0.3, 0.4) is 0 Å². The lowest BCUT2D eigenvalue weighted by atomic mass is 10.1. The number of rotatable bonds is 7. The van der Waals surface area contributed by atoms with E-state index in [1.807, 2.05) is 42.6 Å². The van der Waals surface area contributed by atoms with Gasteiger partial charge in [0, 0.05) is 6.21 Å². The highest BCUT2D eigenvalue weighted by Gasteiger charge is 2.02. The number of hydrogen-bond donors (Lipinski definition) is 1. The molecule has 0 saturated heterocycles. The van der Waals surface area contributed by atoms with Gasteiger partial charge in [-0.1, -0.05) is 43.3 Å². The van der Waals surface area contributed by atoms with E-state index in [1.54, 1.807) is 24.3 Å². The molecule has 0 amide bonds. The molecule has 3 aromatic rings. The number of aliphatic imine (C=N–C) groups is 1. The van der Waals surface area contributed by atoms with Gasteiger partial charge in [-0.05, 0) is 59.5 Å². The Morgan fingerprint density at radius 1 is 1.00 bits per heavy atom. The summed E-state index contributed by atoms with van der Waals surface area (Å²) < 4.78 is 5.81. The average molecular weight is 359 g/mol.